The molecule has 0 unspecified atom stereocenters. The summed E-state index contributed by atoms with van der Waals surface area (Å²) in [5.74, 6) is -4.61. The lowest BCUT2D eigenvalue weighted by Gasteiger charge is -2.35. The number of hydrogen-bond acceptors (Lipinski definition) is 6. The van der Waals surface area contributed by atoms with E-state index in [1.54, 1.807) is 0 Å². The summed E-state index contributed by atoms with van der Waals surface area (Å²) in [5.41, 5.74) is -1.47. The highest BCUT2D eigenvalue weighted by Gasteiger charge is 2.48. The van der Waals surface area contributed by atoms with Crippen molar-refractivity contribution in [2.75, 3.05) is 5.88 Å². The number of amides is 3. The molecule has 188 valence electrons. The van der Waals surface area contributed by atoms with E-state index in [1.807, 2.05) is 0 Å². The van der Waals surface area contributed by atoms with Crippen molar-refractivity contribution >= 4 is 52.4 Å². The number of alkyl halides is 1. The van der Waals surface area contributed by atoms with E-state index in [1.165, 1.54) is 48.5 Å². The number of nitrogens with zero attached hydrogens (tertiary/aromatic N) is 3. The first kappa shape index (κ1) is 25.9. The molecule has 1 aliphatic heterocycles. The van der Waals surface area contributed by atoms with Gasteiger partial charge in [-0.3, -0.25) is 29.3 Å². The Balaban J connectivity index is 1.88. The Labute approximate surface area is 219 Å². The average Bonchev–Trinajstić information content (AvgIpc) is 3.14. The van der Waals surface area contributed by atoms with Gasteiger partial charge < -0.3 is 0 Å². The second kappa shape index (κ2) is 10.5. The van der Waals surface area contributed by atoms with Crippen LogP contribution < -0.4 is 0 Å². The van der Waals surface area contributed by atoms with Gasteiger partial charge in [-0.2, -0.15) is 5.01 Å². The van der Waals surface area contributed by atoms with Gasteiger partial charge in [0.1, 0.15) is 17.4 Å². The van der Waals surface area contributed by atoms with Gasteiger partial charge in [-0.25, -0.2) is 9.40 Å². The zero-order chi connectivity index (χ0) is 26.9. The number of carbonyl (C=O) groups excluding carboxylic acids is 4. The number of imide groups is 1. The number of Topliss-reactive ketones (excluding diaryl/α,β-unsaturated/α-hetero) is 1. The van der Waals surface area contributed by atoms with Gasteiger partial charge in [0.2, 0.25) is 0 Å². The quantitative estimate of drug-likeness (QED) is 0.131. The molecular weight excluding hydrogens is 528 g/mol. The molecule has 3 amide bonds. The first-order valence-electron chi connectivity index (χ1n) is 10.8. The predicted molar refractivity (Wildman–Crippen MR) is 131 cm³/mol. The van der Waals surface area contributed by atoms with E-state index in [0.717, 1.165) is 18.2 Å². The minimum Gasteiger partial charge on any atom is -0.292 e. The van der Waals surface area contributed by atoms with Gasteiger partial charge in [0.25, 0.3) is 23.4 Å². The summed E-state index contributed by atoms with van der Waals surface area (Å²) >= 11 is 11.9. The van der Waals surface area contributed by atoms with Crippen LogP contribution in [0.25, 0.3) is 0 Å². The van der Waals surface area contributed by atoms with Crippen LogP contribution in [0.3, 0.4) is 0 Å². The molecule has 0 fully saturated rings. The minimum atomic E-state index is -1.49. The van der Waals surface area contributed by atoms with Crippen LogP contribution in [0.15, 0.2) is 66.7 Å². The molecule has 0 aromatic heterocycles. The van der Waals surface area contributed by atoms with E-state index < -0.39 is 51.5 Å². The van der Waals surface area contributed by atoms with Gasteiger partial charge in [-0.1, -0.05) is 17.7 Å². The number of rotatable bonds is 8. The van der Waals surface area contributed by atoms with Crippen LogP contribution in [0, 0.1) is 15.9 Å². The van der Waals surface area contributed by atoms with E-state index in [-0.39, 0.29) is 29.0 Å². The predicted octanol–water partition coefficient (Wildman–Crippen LogP) is 4.92. The van der Waals surface area contributed by atoms with Gasteiger partial charge in [0.15, 0.2) is 5.78 Å². The molecule has 0 saturated carbocycles. The number of ketones is 1. The van der Waals surface area contributed by atoms with Crippen molar-refractivity contribution in [1.29, 1.82) is 0 Å². The van der Waals surface area contributed by atoms with Crippen LogP contribution in [0.1, 0.15) is 47.9 Å². The lowest BCUT2D eigenvalue weighted by atomic mass is 10.0. The topological polar surface area (TPSA) is 118 Å². The van der Waals surface area contributed by atoms with Crippen LogP contribution in [0.4, 0.5) is 10.1 Å². The van der Waals surface area contributed by atoms with Gasteiger partial charge in [0.05, 0.1) is 10.5 Å². The molecule has 1 atom stereocenters. The molecule has 1 aliphatic rings. The average molecular weight is 544 g/mol. The van der Waals surface area contributed by atoms with E-state index >= 15 is 0 Å². The van der Waals surface area contributed by atoms with Crippen molar-refractivity contribution in [2.24, 2.45) is 0 Å². The summed E-state index contributed by atoms with van der Waals surface area (Å²) < 4.78 is 13.5. The van der Waals surface area contributed by atoms with Crippen molar-refractivity contribution in [2.45, 2.75) is 12.5 Å². The van der Waals surface area contributed by atoms with E-state index in [9.17, 15) is 33.7 Å². The maximum Gasteiger partial charge on any atom is 0.287 e. The fraction of sp³-hybridized carbons (Fsp3) is 0.120. The Kier molecular flexibility index (Phi) is 7.33. The molecule has 9 nitrogen and oxygen atoms in total. The third-order valence-corrected chi connectivity index (χ3v) is 6.16. The second-order valence-corrected chi connectivity index (χ2v) is 8.71. The smallest absolute Gasteiger partial charge is 0.287 e. The molecule has 37 heavy (non-hydrogen) atoms. The molecule has 0 bridgehead atoms. The SMILES string of the molecule is O=C(c1ccc(F)cc1)[C@H](CCCl)N(C(=O)c1ccc(Cl)cc1)N1C(=O)c2cccc([N+](=O)[O-])c2C1=O. The summed E-state index contributed by atoms with van der Waals surface area (Å²) in [6.07, 6.45) is -0.202. The van der Waals surface area contributed by atoms with Crippen molar-refractivity contribution in [1.82, 2.24) is 10.0 Å². The second-order valence-electron chi connectivity index (χ2n) is 7.90. The first-order valence-corrected chi connectivity index (χ1v) is 11.7. The number of carbonyl (C=O) groups is 4. The van der Waals surface area contributed by atoms with Gasteiger partial charge >= 0.3 is 0 Å². The van der Waals surface area contributed by atoms with Crippen molar-refractivity contribution in [3.05, 3.63) is 110 Å². The maximum absolute atomic E-state index is 13.8. The summed E-state index contributed by atoms with van der Waals surface area (Å²) in [4.78, 5) is 64.9. The highest BCUT2D eigenvalue weighted by molar-refractivity contribution is 6.30. The molecule has 4 rings (SSSR count). The van der Waals surface area contributed by atoms with Crippen molar-refractivity contribution < 1.29 is 28.5 Å². The fourth-order valence-corrected chi connectivity index (χ4v) is 4.31. The normalized spacial score (nSPS) is 13.3. The number of halogens is 3. The van der Waals surface area contributed by atoms with E-state index in [4.69, 9.17) is 23.2 Å². The number of fused-ring (bicyclic) bond motifs is 1. The molecular formula is C25H16Cl2FN3O6. The molecule has 0 spiro atoms. The summed E-state index contributed by atoms with van der Waals surface area (Å²) in [5, 5.41) is 12.9. The molecule has 0 saturated heterocycles. The maximum atomic E-state index is 13.8. The Morgan fingerprint density at radius 1 is 0.973 bits per heavy atom. The van der Waals surface area contributed by atoms with E-state index in [2.05, 4.69) is 0 Å². The molecule has 0 N–H and O–H groups in total. The summed E-state index contributed by atoms with van der Waals surface area (Å²) in [7, 11) is 0. The zero-order valence-corrected chi connectivity index (χ0v) is 20.3. The minimum absolute atomic E-state index is 0.00647. The van der Waals surface area contributed by atoms with Gasteiger partial charge in [0, 0.05) is 28.1 Å². The Hall–Kier alpha value is -4.15. The Bertz CT molecular complexity index is 1430. The van der Waals surface area contributed by atoms with Crippen LogP contribution in [0.5, 0.6) is 0 Å². The molecule has 0 aliphatic carbocycles. The summed E-state index contributed by atoms with van der Waals surface area (Å²) in [6, 6.07) is 11.9. The number of hydrazine groups is 1. The molecule has 12 heteroatoms. The molecule has 0 radical (unpaired) electrons. The third-order valence-electron chi connectivity index (χ3n) is 5.69. The Morgan fingerprint density at radius 2 is 1.59 bits per heavy atom. The number of nitro groups is 1. The molecule has 1 heterocycles. The standard InChI is InChI=1S/C25H16Cl2FN3O6/c26-13-12-20(22(32)14-6-10-17(28)11-7-14)29(23(33)15-4-8-16(27)9-5-15)30-24(34)18-2-1-3-19(31(36)37)21(18)25(30)35/h1-11,20H,12-13H2/t20-/m0/s1. The number of nitro benzene ring substituents is 1. The lowest BCUT2D eigenvalue weighted by Crippen LogP contribution is -2.57. The number of benzene rings is 3. The van der Waals surface area contributed by atoms with Crippen molar-refractivity contribution in [3.8, 4) is 0 Å². The lowest BCUT2D eigenvalue weighted by molar-refractivity contribution is -0.385. The van der Waals surface area contributed by atoms with Crippen LogP contribution in [0.2, 0.25) is 5.02 Å². The van der Waals surface area contributed by atoms with Crippen LogP contribution >= 0.6 is 23.2 Å². The van der Waals surface area contributed by atoms with Crippen molar-refractivity contribution in [3.63, 3.8) is 0 Å². The van der Waals surface area contributed by atoms with Gasteiger partial charge in [-0.15, -0.1) is 11.6 Å². The Morgan fingerprint density at radius 3 is 2.19 bits per heavy atom. The summed E-state index contributed by atoms with van der Waals surface area (Å²) in [6.45, 7) is 0. The molecule has 3 aromatic rings. The largest absolute Gasteiger partial charge is 0.292 e. The van der Waals surface area contributed by atoms with Crippen LogP contribution in [-0.4, -0.2) is 50.4 Å². The van der Waals surface area contributed by atoms with Crippen LogP contribution in [-0.2, 0) is 0 Å². The fourth-order valence-electron chi connectivity index (χ4n) is 3.97. The monoisotopic (exact) mass is 543 g/mol. The molecule has 3 aromatic carbocycles. The van der Waals surface area contributed by atoms with Gasteiger partial charge in [-0.05, 0) is 61.0 Å². The highest BCUT2D eigenvalue weighted by Crippen LogP contribution is 2.34. The first-order chi connectivity index (χ1) is 17.6. The third kappa shape index (κ3) is 4.81. The highest BCUT2D eigenvalue weighted by atomic mass is 35.5. The zero-order valence-electron chi connectivity index (χ0n) is 18.8. The van der Waals surface area contributed by atoms with E-state index in [0.29, 0.717) is 15.0 Å². The number of hydrogen-bond donors (Lipinski definition) is 0.